The van der Waals surface area contributed by atoms with Crippen molar-refractivity contribution in [2.24, 2.45) is 0 Å². The number of phenols is 1. The van der Waals surface area contributed by atoms with Crippen LogP contribution in [0.25, 0.3) is 22.0 Å². The molecule has 0 radical (unpaired) electrons. The fourth-order valence-corrected chi connectivity index (χ4v) is 3.11. The van der Waals surface area contributed by atoms with Crippen LogP contribution in [-0.2, 0) is 0 Å². The molecule has 6 heteroatoms. The summed E-state index contributed by atoms with van der Waals surface area (Å²) in [4.78, 5) is 8.79. The molecular weight excluding hydrogens is 378 g/mol. The van der Waals surface area contributed by atoms with E-state index in [-0.39, 0.29) is 11.8 Å². The van der Waals surface area contributed by atoms with Crippen molar-refractivity contribution in [3.8, 4) is 16.9 Å². The first-order valence-corrected chi connectivity index (χ1v) is 8.34. The van der Waals surface area contributed by atoms with Gasteiger partial charge in [0.15, 0.2) is 0 Å². The van der Waals surface area contributed by atoms with Gasteiger partial charge in [0.2, 0.25) is 5.95 Å². The van der Waals surface area contributed by atoms with Crippen molar-refractivity contribution in [1.29, 1.82) is 0 Å². The van der Waals surface area contributed by atoms with Crippen molar-refractivity contribution >= 4 is 44.4 Å². The summed E-state index contributed by atoms with van der Waals surface area (Å²) in [6.45, 7) is 4.03. The maximum Gasteiger partial charge on any atom is 0.223 e. The van der Waals surface area contributed by atoms with Crippen LogP contribution in [0.2, 0.25) is 5.02 Å². The van der Waals surface area contributed by atoms with Crippen molar-refractivity contribution in [3.63, 3.8) is 0 Å². The van der Waals surface area contributed by atoms with E-state index in [4.69, 9.17) is 11.6 Å². The van der Waals surface area contributed by atoms with Crippen LogP contribution in [0, 0.1) is 0 Å². The molecule has 3 aromatic rings. The minimum absolute atomic E-state index is 0.111. The van der Waals surface area contributed by atoms with E-state index < -0.39 is 0 Å². The van der Waals surface area contributed by atoms with Gasteiger partial charge in [-0.3, -0.25) is 0 Å². The van der Waals surface area contributed by atoms with Crippen LogP contribution >= 0.6 is 27.5 Å². The number of anilines is 1. The van der Waals surface area contributed by atoms with Crippen LogP contribution in [0.15, 0.2) is 41.0 Å². The Bertz CT molecular complexity index is 883. The zero-order chi connectivity index (χ0) is 16.6. The lowest BCUT2D eigenvalue weighted by Gasteiger charge is -2.13. The molecule has 2 aromatic carbocycles. The second-order valence-corrected chi connectivity index (χ2v) is 6.70. The summed E-state index contributed by atoms with van der Waals surface area (Å²) in [7, 11) is 0. The molecule has 0 bridgehead atoms. The zero-order valence-electron chi connectivity index (χ0n) is 12.6. The summed E-state index contributed by atoms with van der Waals surface area (Å²) in [6.07, 6.45) is 1.73. The molecule has 2 N–H and O–H groups in total. The predicted octanol–water partition coefficient (Wildman–Crippen LogP) is 5.24. The summed E-state index contributed by atoms with van der Waals surface area (Å²) < 4.78 is 0.527. The summed E-state index contributed by atoms with van der Waals surface area (Å²) in [6, 6.07) is 9.46. The first-order chi connectivity index (χ1) is 11.0. The van der Waals surface area contributed by atoms with Crippen LogP contribution in [-0.4, -0.2) is 21.1 Å². The average molecular weight is 393 g/mol. The van der Waals surface area contributed by atoms with Gasteiger partial charge < -0.3 is 10.4 Å². The number of rotatable bonds is 3. The molecule has 0 aliphatic rings. The zero-order valence-corrected chi connectivity index (χ0v) is 15.0. The van der Waals surface area contributed by atoms with Gasteiger partial charge in [0, 0.05) is 33.8 Å². The Morgan fingerprint density at radius 2 is 1.96 bits per heavy atom. The lowest BCUT2D eigenvalue weighted by Crippen LogP contribution is -2.12. The normalized spacial score (nSPS) is 11.2. The Morgan fingerprint density at radius 1 is 1.22 bits per heavy atom. The van der Waals surface area contributed by atoms with Crippen molar-refractivity contribution in [2.45, 2.75) is 19.9 Å². The molecule has 0 unspecified atom stereocenters. The molecule has 0 aliphatic carbocycles. The van der Waals surface area contributed by atoms with Crippen molar-refractivity contribution < 1.29 is 5.11 Å². The number of phenolic OH excluding ortho intramolecular Hbond substituents is 1. The van der Waals surface area contributed by atoms with Gasteiger partial charge in [0.1, 0.15) is 5.75 Å². The third-order valence-corrected chi connectivity index (χ3v) is 4.45. The highest BCUT2D eigenvalue weighted by molar-refractivity contribution is 9.10. The standard InChI is InChI=1S/C17H15BrClN3O/c1-9(2)21-17-20-8-10-7-12(11-5-3-4-6-13(11)19)16(23)14(18)15(10)22-17/h3-9,23H,1-2H3,(H,20,21,22). The van der Waals surface area contributed by atoms with Gasteiger partial charge in [-0.15, -0.1) is 0 Å². The minimum atomic E-state index is 0.111. The molecule has 0 saturated heterocycles. The van der Waals surface area contributed by atoms with E-state index >= 15 is 0 Å². The largest absolute Gasteiger partial charge is 0.506 e. The second-order valence-electron chi connectivity index (χ2n) is 5.50. The van der Waals surface area contributed by atoms with Crippen LogP contribution in [0.5, 0.6) is 5.75 Å². The molecule has 0 saturated carbocycles. The monoisotopic (exact) mass is 391 g/mol. The topological polar surface area (TPSA) is 58.0 Å². The van der Waals surface area contributed by atoms with Crippen LogP contribution in [0.1, 0.15) is 13.8 Å². The summed E-state index contributed by atoms with van der Waals surface area (Å²) in [5.41, 5.74) is 2.05. The molecule has 23 heavy (non-hydrogen) atoms. The number of aromatic nitrogens is 2. The number of fused-ring (bicyclic) bond motifs is 1. The highest BCUT2D eigenvalue weighted by Crippen LogP contribution is 2.42. The number of nitrogens with one attached hydrogen (secondary N) is 1. The van der Waals surface area contributed by atoms with Gasteiger partial charge in [0.05, 0.1) is 9.99 Å². The third-order valence-electron chi connectivity index (χ3n) is 3.37. The van der Waals surface area contributed by atoms with Gasteiger partial charge in [0.25, 0.3) is 0 Å². The van der Waals surface area contributed by atoms with Gasteiger partial charge in [-0.1, -0.05) is 29.8 Å². The summed E-state index contributed by atoms with van der Waals surface area (Å²) >= 11 is 9.69. The second kappa shape index (κ2) is 6.34. The average Bonchev–Trinajstić information content (AvgIpc) is 2.51. The van der Waals surface area contributed by atoms with Crippen molar-refractivity contribution in [2.75, 3.05) is 5.32 Å². The Hall–Kier alpha value is -1.85. The first kappa shape index (κ1) is 16.0. The molecular formula is C17H15BrClN3O. The molecule has 3 rings (SSSR count). The van der Waals surface area contributed by atoms with Gasteiger partial charge in [-0.2, -0.15) is 0 Å². The van der Waals surface area contributed by atoms with E-state index in [1.165, 1.54) is 0 Å². The Kier molecular flexibility index (Phi) is 4.41. The van der Waals surface area contributed by atoms with E-state index in [1.54, 1.807) is 12.3 Å². The van der Waals surface area contributed by atoms with E-state index in [0.717, 1.165) is 10.9 Å². The number of nitrogens with zero attached hydrogens (tertiary/aromatic N) is 2. The lowest BCUT2D eigenvalue weighted by atomic mass is 10.0. The number of hydrogen-bond donors (Lipinski definition) is 2. The number of halogens is 2. The van der Waals surface area contributed by atoms with Crippen molar-refractivity contribution in [3.05, 3.63) is 46.0 Å². The predicted molar refractivity (Wildman–Crippen MR) is 98.1 cm³/mol. The SMILES string of the molecule is CC(C)Nc1ncc2cc(-c3ccccc3Cl)c(O)c(Br)c2n1. The van der Waals surface area contributed by atoms with Crippen LogP contribution < -0.4 is 5.32 Å². The highest BCUT2D eigenvalue weighted by Gasteiger charge is 2.16. The molecule has 0 aliphatic heterocycles. The van der Waals surface area contributed by atoms with Crippen molar-refractivity contribution in [1.82, 2.24) is 9.97 Å². The third kappa shape index (κ3) is 3.12. The lowest BCUT2D eigenvalue weighted by molar-refractivity contribution is 0.475. The Morgan fingerprint density at radius 3 is 2.65 bits per heavy atom. The molecule has 1 aromatic heterocycles. The number of benzene rings is 2. The molecule has 0 atom stereocenters. The maximum atomic E-state index is 10.6. The maximum absolute atomic E-state index is 10.6. The van der Waals surface area contributed by atoms with E-state index in [9.17, 15) is 5.11 Å². The molecule has 0 fully saturated rings. The first-order valence-electron chi connectivity index (χ1n) is 7.17. The molecule has 1 heterocycles. The molecule has 118 valence electrons. The van der Waals surface area contributed by atoms with Gasteiger partial charge in [-0.25, -0.2) is 9.97 Å². The van der Waals surface area contributed by atoms with Crippen LogP contribution in [0.3, 0.4) is 0 Å². The highest BCUT2D eigenvalue weighted by atomic mass is 79.9. The number of hydrogen-bond acceptors (Lipinski definition) is 4. The van der Waals surface area contributed by atoms with Gasteiger partial charge >= 0.3 is 0 Å². The van der Waals surface area contributed by atoms with E-state index in [2.05, 4.69) is 31.2 Å². The summed E-state index contributed by atoms with van der Waals surface area (Å²) in [5.74, 6) is 0.637. The van der Waals surface area contributed by atoms with E-state index in [1.807, 2.05) is 38.1 Å². The fraction of sp³-hybridized carbons (Fsp3) is 0.176. The minimum Gasteiger partial charge on any atom is -0.506 e. The fourth-order valence-electron chi connectivity index (χ4n) is 2.34. The quantitative estimate of drug-likeness (QED) is 0.640. The Balaban J connectivity index is 2.20. The molecule has 0 amide bonds. The number of aromatic hydroxyl groups is 1. The smallest absolute Gasteiger partial charge is 0.223 e. The summed E-state index contributed by atoms with van der Waals surface area (Å²) in [5, 5.41) is 15.1. The molecule has 0 spiro atoms. The molecule has 4 nitrogen and oxygen atoms in total. The van der Waals surface area contributed by atoms with E-state index in [0.29, 0.717) is 26.5 Å². The van der Waals surface area contributed by atoms with Crippen LogP contribution in [0.4, 0.5) is 5.95 Å². The Labute approximate surface area is 147 Å². The van der Waals surface area contributed by atoms with Gasteiger partial charge in [-0.05, 0) is 41.9 Å².